The zero-order valence-electron chi connectivity index (χ0n) is 8.34. The predicted octanol–water partition coefficient (Wildman–Crippen LogP) is 1.76. The Kier molecular flexibility index (Phi) is 2.17. The van der Waals surface area contributed by atoms with E-state index in [1.54, 1.807) is 6.08 Å². The van der Waals surface area contributed by atoms with E-state index in [0.717, 1.165) is 18.4 Å². The Morgan fingerprint density at radius 3 is 2.86 bits per heavy atom. The number of fused-ring (bicyclic) bond motifs is 1. The van der Waals surface area contributed by atoms with Crippen LogP contribution in [0.2, 0.25) is 0 Å². The average molecular weight is 194 g/mol. The van der Waals surface area contributed by atoms with E-state index in [1.165, 1.54) is 0 Å². The Balaban J connectivity index is 2.32. The number of hydrogen-bond acceptors (Lipinski definition) is 3. The molecular weight excluding hydrogens is 180 g/mol. The second-order valence-electron chi connectivity index (χ2n) is 4.19. The number of carbonyl (C=O) groups excluding carboxylic acids is 2. The molecule has 0 amide bonds. The Morgan fingerprint density at radius 1 is 1.29 bits per heavy atom. The fraction of sp³-hybridized carbons (Fsp3) is 0.636. The molecule has 0 spiro atoms. The number of ether oxygens (including phenoxy) is 1. The SMILES string of the molecule is C[C@]12CCC(=O)C=C1CCCC(=O)O2. The lowest BCUT2D eigenvalue weighted by molar-refractivity contribution is -0.155. The largest absolute Gasteiger partial charge is 0.455 e. The highest BCUT2D eigenvalue weighted by Gasteiger charge is 2.38. The summed E-state index contributed by atoms with van der Waals surface area (Å²) in [5.74, 6) is 0.0284. The van der Waals surface area contributed by atoms with Crippen LogP contribution in [0.25, 0.3) is 0 Å². The molecule has 0 unspecified atom stereocenters. The van der Waals surface area contributed by atoms with Crippen molar-refractivity contribution in [1.82, 2.24) is 0 Å². The highest BCUT2D eigenvalue weighted by molar-refractivity contribution is 5.92. The van der Waals surface area contributed by atoms with Crippen molar-refractivity contribution in [2.45, 2.75) is 44.6 Å². The third kappa shape index (κ3) is 1.59. The molecule has 0 aromatic heterocycles. The van der Waals surface area contributed by atoms with Gasteiger partial charge in [-0.05, 0) is 37.8 Å². The summed E-state index contributed by atoms with van der Waals surface area (Å²) in [6.45, 7) is 1.91. The predicted molar refractivity (Wildman–Crippen MR) is 50.7 cm³/mol. The van der Waals surface area contributed by atoms with Crippen molar-refractivity contribution in [2.75, 3.05) is 0 Å². The van der Waals surface area contributed by atoms with E-state index in [4.69, 9.17) is 4.74 Å². The fourth-order valence-corrected chi connectivity index (χ4v) is 2.12. The molecule has 2 rings (SSSR count). The van der Waals surface area contributed by atoms with Crippen molar-refractivity contribution in [3.8, 4) is 0 Å². The van der Waals surface area contributed by atoms with Gasteiger partial charge in [-0.2, -0.15) is 0 Å². The van der Waals surface area contributed by atoms with E-state index in [1.807, 2.05) is 6.92 Å². The van der Waals surface area contributed by atoms with Gasteiger partial charge in [0.2, 0.25) is 0 Å². The molecule has 1 heterocycles. The number of rotatable bonds is 0. The molecule has 1 saturated heterocycles. The van der Waals surface area contributed by atoms with Gasteiger partial charge in [0, 0.05) is 12.8 Å². The van der Waals surface area contributed by atoms with E-state index in [2.05, 4.69) is 0 Å². The Hall–Kier alpha value is -1.12. The molecular formula is C11H14O3. The lowest BCUT2D eigenvalue weighted by Gasteiger charge is -2.32. The van der Waals surface area contributed by atoms with Crippen LogP contribution in [-0.4, -0.2) is 17.4 Å². The van der Waals surface area contributed by atoms with Crippen molar-refractivity contribution >= 4 is 11.8 Å². The summed E-state index contributed by atoms with van der Waals surface area (Å²) < 4.78 is 5.39. The first-order valence-electron chi connectivity index (χ1n) is 5.06. The molecule has 3 nitrogen and oxygen atoms in total. The molecule has 0 aromatic rings. The maximum atomic E-state index is 11.3. The second-order valence-corrected chi connectivity index (χ2v) is 4.19. The molecule has 0 N–H and O–H groups in total. The molecule has 14 heavy (non-hydrogen) atoms. The van der Waals surface area contributed by atoms with Crippen molar-refractivity contribution in [3.05, 3.63) is 11.6 Å². The molecule has 1 aliphatic carbocycles. The Morgan fingerprint density at radius 2 is 2.07 bits per heavy atom. The van der Waals surface area contributed by atoms with E-state index in [-0.39, 0.29) is 11.8 Å². The van der Waals surface area contributed by atoms with Crippen LogP contribution in [0.15, 0.2) is 11.6 Å². The first-order valence-corrected chi connectivity index (χ1v) is 5.06. The van der Waals surface area contributed by atoms with E-state index in [9.17, 15) is 9.59 Å². The van der Waals surface area contributed by atoms with Crippen LogP contribution < -0.4 is 0 Å². The fourth-order valence-electron chi connectivity index (χ4n) is 2.12. The van der Waals surface area contributed by atoms with Crippen LogP contribution in [0.5, 0.6) is 0 Å². The van der Waals surface area contributed by atoms with Crippen LogP contribution in [0, 0.1) is 0 Å². The van der Waals surface area contributed by atoms with Gasteiger partial charge in [0.25, 0.3) is 0 Å². The van der Waals surface area contributed by atoms with Crippen LogP contribution >= 0.6 is 0 Å². The molecule has 1 fully saturated rings. The normalized spacial score (nSPS) is 32.8. The summed E-state index contributed by atoms with van der Waals surface area (Å²) in [5.41, 5.74) is 0.501. The highest BCUT2D eigenvalue weighted by atomic mass is 16.6. The molecule has 76 valence electrons. The van der Waals surface area contributed by atoms with E-state index in [0.29, 0.717) is 19.3 Å². The molecule has 0 radical (unpaired) electrons. The standard InChI is InChI=1S/C11H14O3/c1-11-6-5-9(12)7-8(11)3-2-4-10(13)14-11/h7H,2-6H2,1H3/t11-/m0/s1. The molecule has 0 saturated carbocycles. The van der Waals surface area contributed by atoms with Gasteiger partial charge in [0.1, 0.15) is 5.60 Å². The third-order valence-corrected chi connectivity index (χ3v) is 3.03. The summed E-state index contributed by atoms with van der Waals surface area (Å²) >= 11 is 0. The quantitative estimate of drug-likeness (QED) is 0.552. The monoisotopic (exact) mass is 194 g/mol. The molecule has 1 atom stereocenters. The van der Waals surface area contributed by atoms with Gasteiger partial charge in [0.15, 0.2) is 5.78 Å². The molecule has 2 aliphatic rings. The van der Waals surface area contributed by atoms with Crippen molar-refractivity contribution in [3.63, 3.8) is 0 Å². The third-order valence-electron chi connectivity index (χ3n) is 3.03. The van der Waals surface area contributed by atoms with Gasteiger partial charge in [-0.1, -0.05) is 0 Å². The summed E-state index contributed by atoms with van der Waals surface area (Å²) in [6, 6.07) is 0. The summed E-state index contributed by atoms with van der Waals surface area (Å²) in [6.07, 6.45) is 4.89. The minimum atomic E-state index is -0.499. The maximum Gasteiger partial charge on any atom is 0.306 e. The lowest BCUT2D eigenvalue weighted by atomic mass is 9.82. The summed E-state index contributed by atoms with van der Waals surface area (Å²) in [7, 11) is 0. The summed E-state index contributed by atoms with van der Waals surface area (Å²) in [4.78, 5) is 22.5. The van der Waals surface area contributed by atoms with Gasteiger partial charge in [-0.3, -0.25) is 9.59 Å². The number of ketones is 1. The maximum absolute atomic E-state index is 11.3. The van der Waals surface area contributed by atoms with Crippen LogP contribution in [0.3, 0.4) is 0 Å². The molecule has 1 aliphatic heterocycles. The Bertz CT molecular complexity index is 316. The van der Waals surface area contributed by atoms with Gasteiger partial charge in [-0.15, -0.1) is 0 Å². The minimum absolute atomic E-state index is 0.134. The van der Waals surface area contributed by atoms with Crippen molar-refractivity contribution in [1.29, 1.82) is 0 Å². The molecule has 0 aromatic carbocycles. The van der Waals surface area contributed by atoms with Crippen molar-refractivity contribution in [2.24, 2.45) is 0 Å². The number of esters is 1. The summed E-state index contributed by atoms with van der Waals surface area (Å²) in [5, 5.41) is 0. The van der Waals surface area contributed by atoms with E-state index < -0.39 is 5.60 Å². The van der Waals surface area contributed by atoms with Gasteiger partial charge >= 0.3 is 5.97 Å². The Labute approximate surface area is 83.1 Å². The van der Waals surface area contributed by atoms with E-state index >= 15 is 0 Å². The zero-order valence-corrected chi connectivity index (χ0v) is 8.34. The van der Waals surface area contributed by atoms with Gasteiger partial charge < -0.3 is 4.74 Å². The zero-order chi connectivity index (χ0) is 10.2. The molecule has 3 heteroatoms. The van der Waals surface area contributed by atoms with Crippen LogP contribution in [0.1, 0.15) is 39.0 Å². The average Bonchev–Trinajstić information content (AvgIpc) is 2.24. The number of allylic oxidation sites excluding steroid dienone is 1. The first kappa shape index (κ1) is 9.44. The molecule has 0 bridgehead atoms. The lowest BCUT2D eigenvalue weighted by Crippen LogP contribution is -2.35. The van der Waals surface area contributed by atoms with Crippen LogP contribution in [-0.2, 0) is 14.3 Å². The van der Waals surface area contributed by atoms with Crippen molar-refractivity contribution < 1.29 is 14.3 Å². The van der Waals surface area contributed by atoms with Crippen LogP contribution in [0.4, 0.5) is 0 Å². The first-order chi connectivity index (χ1) is 6.60. The number of hydrogen-bond donors (Lipinski definition) is 0. The minimum Gasteiger partial charge on any atom is -0.455 e. The number of carbonyl (C=O) groups is 2. The second kappa shape index (κ2) is 3.23. The van der Waals surface area contributed by atoms with Gasteiger partial charge in [0.05, 0.1) is 0 Å². The smallest absolute Gasteiger partial charge is 0.306 e. The topological polar surface area (TPSA) is 43.4 Å². The van der Waals surface area contributed by atoms with Gasteiger partial charge in [-0.25, -0.2) is 0 Å². The highest BCUT2D eigenvalue weighted by Crippen LogP contribution is 2.36.